The zero-order valence-electron chi connectivity index (χ0n) is 18.4. The lowest BCUT2D eigenvalue weighted by Gasteiger charge is -2.28. The van der Waals surface area contributed by atoms with Crippen LogP contribution in [0, 0.1) is 6.92 Å². The number of allylic oxidation sites excluding steroid dienone is 1. The highest BCUT2D eigenvalue weighted by Gasteiger charge is 2.34. The number of carbonyl (C=O) groups is 1. The smallest absolute Gasteiger partial charge is 0.255 e. The van der Waals surface area contributed by atoms with Crippen molar-refractivity contribution in [1.29, 1.82) is 0 Å². The van der Waals surface area contributed by atoms with Gasteiger partial charge in [-0.2, -0.15) is 4.98 Å². The molecule has 0 spiro atoms. The van der Waals surface area contributed by atoms with Crippen molar-refractivity contribution in [2.45, 2.75) is 44.8 Å². The van der Waals surface area contributed by atoms with E-state index in [9.17, 15) is 4.79 Å². The number of thioether (sulfide) groups is 1. The lowest BCUT2D eigenvalue weighted by molar-refractivity contribution is -0.113. The standard InChI is InChI=1S/C24H26ClN5OS/c1-4-5-13-32-24-28-23-26-16(3)20(22(31)27-19-11-9-15(2)10-12-19)21(30(23)29-24)17-7-6-8-18(25)14-17/h6-12,14,21H,4-5,13H2,1-3H3,(H,27,31)(H,26,28,29). The van der Waals surface area contributed by atoms with Crippen LogP contribution in [0.5, 0.6) is 0 Å². The monoisotopic (exact) mass is 467 g/mol. The number of benzene rings is 2. The largest absolute Gasteiger partial charge is 0.328 e. The number of hydrogen-bond donors (Lipinski definition) is 2. The minimum atomic E-state index is -0.441. The second kappa shape index (κ2) is 9.79. The number of nitrogens with one attached hydrogen (secondary N) is 2. The summed E-state index contributed by atoms with van der Waals surface area (Å²) in [6.07, 6.45) is 2.22. The van der Waals surface area contributed by atoms with Crippen LogP contribution in [-0.2, 0) is 4.79 Å². The Morgan fingerprint density at radius 2 is 2.00 bits per heavy atom. The average molecular weight is 468 g/mol. The van der Waals surface area contributed by atoms with Gasteiger partial charge < -0.3 is 10.6 Å². The predicted octanol–water partition coefficient (Wildman–Crippen LogP) is 6.06. The molecule has 0 radical (unpaired) electrons. The maximum Gasteiger partial charge on any atom is 0.255 e. The number of halogens is 1. The van der Waals surface area contributed by atoms with Crippen molar-refractivity contribution in [1.82, 2.24) is 14.8 Å². The topological polar surface area (TPSA) is 71.8 Å². The van der Waals surface area contributed by atoms with Crippen LogP contribution in [0.3, 0.4) is 0 Å². The van der Waals surface area contributed by atoms with E-state index in [0.29, 0.717) is 21.7 Å². The molecule has 1 atom stereocenters. The summed E-state index contributed by atoms with van der Waals surface area (Å²) >= 11 is 7.93. The lowest BCUT2D eigenvalue weighted by atomic mass is 9.95. The molecule has 1 aliphatic rings. The molecule has 2 aromatic carbocycles. The fraction of sp³-hybridized carbons (Fsp3) is 0.292. The molecule has 0 saturated carbocycles. The van der Waals surface area contributed by atoms with Gasteiger partial charge in [0.1, 0.15) is 6.04 Å². The molecule has 0 saturated heterocycles. The van der Waals surface area contributed by atoms with Crippen molar-refractivity contribution >= 4 is 40.9 Å². The first kappa shape index (κ1) is 22.4. The SMILES string of the molecule is CCCCSc1nc2n(n1)C(c1cccc(Cl)c1)C(C(=O)Nc1ccc(C)cc1)=C(C)N2. The molecule has 0 fully saturated rings. The first-order valence-electron chi connectivity index (χ1n) is 10.7. The highest BCUT2D eigenvalue weighted by Crippen LogP contribution is 2.37. The summed E-state index contributed by atoms with van der Waals surface area (Å²) in [4.78, 5) is 18.1. The summed E-state index contributed by atoms with van der Waals surface area (Å²) < 4.78 is 1.79. The molecule has 166 valence electrons. The second-order valence-corrected chi connectivity index (χ2v) is 9.30. The van der Waals surface area contributed by atoms with Crippen LogP contribution in [0.4, 0.5) is 11.6 Å². The highest BCUT2D eigenvalue weighted by molar-refractivity contribution is 7.99. The molecule has 0 bridgehead atoms. The van der Waals surface area contributed by atoms with E-state index < -0.39 is 6.04 Å². The van der Waals surface area contributed by atoms with Crippen LogP contribution in [0.1, 0.15) is 43.9 Å². The summed E-state index contributed by atoms with van der Waals surface area (Å²) in [5.41, 5.74) is 4.07. The van der Waals surface area contributed by atoms with Gasteiger partial charge in [-0.15, -0.1) is 5.10 Å². The summed E-state index contributed by atoms with van der Waals surface area (Å²) in [7, 11) is 0. The molecule has 0 aliphatic carbocycles. The van der Waals surface area contributed by atoms with Gasteiger partial charge in [-0.1, -0.05) is 66.5 Å². The normalized spacial score (nSPS) is 15.3. The van der Waals surface area contributed by atoms with Crippen molar-refractivity contribution in [3.05, 3.63) is 76.0 Å². The Labute approximate surface area is 197 Å². The minimum Gasteiger partial charge on any atom is -0.328 e. The van der Waals surface area contributed by atoms with Gasteiger partial charge in [-0.25, -0.2) is 4.68 Å². The van der Waals surface area contributed by atoms with Crippen molar-refractivity contribution in [3.63, 3.8) is 0 Å². The average Bonchev–Trinajstić information content (AvgIpc) is 3.16. The van der Waals surface area contributed by atoms with Crippen LogP contribution in [0.2, 0.25) is 5.02 Å². The molecule has 8 heteroatoms. The van der Waals surface area contributed by atoms with E-state index in [1.807, 2.05) is 62.4 Å². The number of unbranched alkanes of at least 4 members (excludes halogenated alkanes) is 1. The van der Waals surface area contributed by atoms with Crippen molar-refractivity contribution in [3.8, 4) is 0 Å². The Morgan fingerprint density at radius 1 is 1.22 bits per heavy atom. The van der Waals surface area contributed by atoms with Gasteiger partial charge in [-0.3, -0.25) is 4.79 Å². The molecular weight excluding hydrogens is 442 g/mol. The molecule has 6 nitrogen and oxygen atoms in total. The molecule has 1 amide bonds. The van der Waals surface area contributed by atoms with Gasteiger partial charge in [0.2, 0.25) is 11.1 Å². The molecule has 4 rings (SSSR count). The molecule has 32 heavy (non-hydrogen) atoms. The summed E-state index contributed by atoms with van der Waals surface area (Å²) in [5, 5.41) is 12.3. The van der Waals surface area contributed by atoms with Crippen LogP contribution in [0.25, 0.3) is 0 Å². The maximum atomic E-state index is 13.5. The number of hydrogen-bond acceptors (Lipinski definition) is 5. The Hall–Kier alpha value is -2.77. The van der Waals surface area contributed by atoms with E-state index in [1.165, 1.54) is 0 Å². The molecule has 3 aromatic rings. The van der Waals surface area contributed by atoms with E-state index in [1.54, 1.807) is 16.4 Å². The molecule has 1 aliphatic heterocycles. The number of nitrogens with zero attached hydrogens (tertiary/aromatic N) is 3. The van der Waals surface area contributed by atoms with Crippen LogP contribution in [-0.4, -0.2) is 26.4 Å². The van der Waals surface area contributed by atoms with Crippen molar-refractivity contribution in [2.75, 3.05) is 16.4 Å². The summed E-state index contributed by atoms with van der Waals surface area (Å²) in [6.45, 7) is 6.07. The zero-order chi connectivity index (χ0) is 22.7. The number of anilines is 2. The fourth-order valence-corrected chi connectivity index (χ4v) is 4.73. The van der Waals surface area contributed by atoms with Crippen molar-refractivity contribution in [2.24, 2.45) is 0 Å². The third-order valence-corrected chi connectivity index (χ3v) is 6.44. The Balaban J connectivity index is 1.72. The lowest BCUT2D eigenvalue weighted by Crippen LogP contribution is -2.31. The molecule has 2 N–H and O–H groups in total. The van der Waals surface area contributed by atoms with Crippen LogP contribution < -0.4 is 10.6 Å². The minimum absolute atomic E-state index is 0.190. The van der Waals surface area contributed by atoms with Crippen molar-refractivity contribution < 1.29 is 4.79 Å². The van der Waals surface area contributed by atoms with Crippen LogP contribution in [0.15, 0.2) is 65.0 Å². The molecule has 2 heterocycles. The Bertz CT molecular complexity index is 1160. The Kier molecular flexibility index (Phi) is 6.86. The maximum absolute atomic E-state index is 13.5. The number of amides is 1. The number of rotatable bonds is 7. The van der Waals surface area contributed by atoms with Gasteiger partial charge in [0.05, 0.1) is 5.57 Å². The quantitative estimate of drug-likeness (QED) is 0.326. The molecular formula is C24H26ClN5OS. The van der Waals surface area contributed by atoms with Crippen LogP contribution >= 0.6 is 23.4 Å². The molecule has 1 aromatic heterocycles. The fourth-order valence-electron chi connectivity index (χ4n) is 3.61. The van der Waals surface area contributed by atoms with E-state index >= 15 is 0 Å². The van der Waals surface area contributed by atoms with Gasteiger partial charge in [0, 0.05) is 22.2 Å². The third-order valence-electron chi connectivity index (χ3n) is 5.28. The predicted molar refractivity (Wildman–Crippen MR) is 131 cm³/mol. The number of carbonyl (C=O) groups excluding carboxylic acids is 1. The number of aryl methyl sites for hydroxylation is 1. The highest BCUT2D eigenvalue weighted by atomic mass is 35.5. The van der Waals surface area contributed by atoms with Gasteiger partial charge in [0.15, 0.2) is 0 Å². The zero-order valence-corrected chi connectivity index (χ0v) is 19.9. The second-order valence-electron chi connectivity index (χ2n) is 7.81. The number of fused-ring (bicyclic) bond motifs is 1. The van der Waals surface area contributed by atoms with E-state index in [0.717, 1.165) is 41.1 Å². The molecule has 1 unspecified atom stereocenters. The van der Waals surface area contributed by atoms with Gasteiger partial charge in [0.25, 0.3) is 5.91 Å². The first-order chi connectivity index (χ1) is 15.5. The Morgan fingerprint density at radius 3 is 2.72 bits per heavy atom. The van der Waals surface area contributed by atoms with E-state index in [2.05, 4.69) is 22.5 Å². The van der Waals surface area contributed by atoms with E-state index in [-0.39, 0.29) is 5.91 Å². The third kappa shape index (κ3) is 4.84. The summed E-state index contributed by atoms with van der Waals surface area (Å²) in [6, 6.07) is 14.8. The van der Waals surface area contributed by atoms with E-state index in [4.69, 9.17) is 16.7 Å². The summed E-state index contributed by atoms with van der Waals surface area (Å²) in [5.74, 6) is 1.39. The number of aromatic nitrogens is 3. The first-order valence-corrected chi connectivity index (χ1v) is 12.0. The van der Waals surface area contributed by atoms with Gasteiger partial charge in [-0.05, 0) is 50.1 Å². The van der Waals surface area contributed by atoms with Gasteiger partial charge >= 0.3 is 0 Å².